The molecule has 0 saturated heterocycles. The predicted octanol–water partition coefficient (Wildman–Crippen LogP) is 3.10. The second-order valence-corrected chi connectivity index (χ2v) is 6.75. The number of hydrogen-bond donors (Lipinski definition) is 2. The number of carbonyl (C=O) groups is 1. The Morgan fingerprint density at radius 1 is 1.50 bits per heavy atom. The largest absolute Gasteiger partial charge is 0.392 e. The highest BCUT2D eigenvalue weighted by atomic mass is 16.3. The highest BCUT2D eigenvalue weighted by molar-refractivity contribution is 5.95. The van der Waals surface area contributed by atoms with Crippen LogP contribution >= 0.6 is 0 Å². The molecule has 0 unspecified atom stereocenters. The number of nitrogens with zero attached hydrogens (tertiary/aromatic N) is 2. The number of amides is 1. The molecular weight excluding hydrogens is 302 g/mol. The Kier molecular flexibility index (Phi) is 4.59. The molecule has 1 saturated carbocycles. The molecule has 24 heavy (non-hydrogen) atoms. The monoisotopic (exact) mass is 325 g/mol. The summed E-state index contributed by atoms with van der Waals surface area (Å²) < 4.78 is 2.09. The van der Waals surface area contributed by atoms with Gasteiger partial charge in [-0.3, -0.25) is 10.1 Å². The molecule has 3 rings (SSSR count). The van der Waals surface area contributed by atoms with Gasteiger partial charge in [0.2, 0.25) is 11.9 Å². The van der Waals surface area contributed by atoms with Crippen LogP contribution in [0.4, 0.5) is 5.95 Å². The number of anilines is 1. The Labute approximate surface area is 142 Å². The Balaban J connectivity index is 2.00. The molecule has 0 bridgehead atoms. The minimum absolute atomic E-state index is 0.0139. The maximum Gasteiger partial charge on any atom is 0.242 e. The smallest absolute Gasteiger partial charge is 0.242 e. The number of carbonyl (C=O) groups excluding carboxylic acids is 1. The van der Waals surface area contributed by atoms with E-state index in [0.29, 0.717) is 12.0 Å². The maximum absolute atomic E-state index is 12.5. The van der Waals surface area contributed by atoms with E-state index in [1.54, 1.807) is 0 Å². The first-order valence-electron chi connectivity index (χ1n) is 8.44. The quantitative estimate of drug-likeness (QED) is 0.830. The first-order chi connectivity index (χ1) is 11.5. The number of aliphatic hydroxyl groups excluding tert-OH is 1. The third kappa shape index (κ3) is 2.90. The molecule has 1 fully saturated rings. The topological polar surface area (TPSA) is 67.2 Å². The van der Waals surface area contributed by atoms with E-state index >= 15 is 0 Å². The second kappa shape index (κ2) is 6.66. The number of hydrogen-bond acceptors (Lipinski definition) is 3. The van der Waals surface area contributed by atoms with Gasteiger partial charge in [-0.15, -0.1) is 6.42 Å². The molecule has 0 radical (unpaired) electrons. The summed E-state index contributed by atoms with van der Waals surface area (Å²) in [7, 11) is 0. The molecule has 1 amide bonds. The molecule has 1 heterocycles. The normalized spacial score (nSPS) is 16.0. The van der Waals surface area contributed by atoms with E-state index in [1.807, 2.05) is 32.0 Å². The molecule has 1 aliphatic rings. The molecule has 5 heteroatoms. The number of rotatable bonds is 5. The second-order valence-electron chi connectivity index (χ2n) is 6.75. The molecule has 0 spiro atoms. The zero-order valence-corrected chi connectivity index (χ0v) is 14.1. The molecule has 5 nitrogen and oxygen atoms in total. The number of imidazole rings is 1. The lowest BCUT2D eigenvalue weighted by Crippen LogP contribution is -2.28. The van der Waals surface area contributed by atoms with Gasteiger partial charge < -0.3 is 9.67 Å². The van der Waals surface area contributed by atoms with E-state index in [9.17, 15) is 9.90 Å². The summed E-state index contributed by atoms with van der Waals surface area (Å²) in [5.74, 6) is 2.52. The van der Waals surface area contributed by atoms with Crippen LogP contribution in [0, 0.1) is 24.2 Å². The lowest BCUT2D eigenvalue weighted by molar-refractivity contribution is -0.119. The van der Waals surface area contributed by atoms with Gasteiger partial charge in [-0.05, 0) is 42.9 Å². The van der Waals surface area contributed by atoms with Crippen LogP contribution in [0.15, 0.2) is 18.2 Å². The third-order valence-electron chi connectivity index (χ3n) is 4.74. The number of terminal acetylenes is 1. The lowest BCUT2D eigenvalue weighted by Gasteiger charge is -2.29. The molecule has 0 aliphatic heterocycles. The first kappa shape index (κ1) is 16.5. The summed E-state index contributed by atoms with van der Waals surface area (Å²) in [4.78, 5) is 17.1. The number of nitrogens with one attached hydrogen (secondary N) is 1. The van der Waals surface area contributed by atoms with Crippen LogP contribution in [-0.4, -0.2) is 20.6 Å². The molecule has 126 valence electrons. The van der Waals surface area contributed by atoms with Gasteiger partial charge in [0.15, 0.2) is 0 Å². The average Bonchev–Trinajstić information content (AvgIpc) is 2.83. The van der Waals surface area contributed by atoms with Crippen molar-refractivity contribution in [3.63, 3.8) is 0 Å². The number of benzene rings is 1. The van der Waals surface area contributed by atoms with Crippen molar-refractivity contribution in [3.8, 4) is 12.3 Å². The van der Waals surface area contributed by atoms with Gasteiger partial charge in [0.25, 0.3) is 0 Å². The van der Waals surface area contributed by atoms with Crippen LogP contribution in [0.5, 0.6) is 0 Å². The fraction of sp³-hybridized carbons (Fsp3) is 0.474. The van der Waals surface area contributed by atoms with Crippen LogP contribution in [-0.2, 0) is 11.4 Å². The van der Waals surface area contributed by atoms with E-state index in [4.69, 9.17) is 6.42 Å². The highest BCUT2D eigenvalue weighted by Crippen LogP contribution is 2.37. The summed E-state index contributed by atoms with van der Waals surface area (Å²) in [6.45, 7) is 3.86. The van der Waals surface area contributed by atoms with Gasteiger partial charge in [-0.2, -0.15) is 0 Å². The highest BCUT2D eigenvalue weighted by Gasteiger charge is 2.27. The SMILES string of the molecule is C#C[C@H](C(=O)Nc1nc2ccc(CO)cc2n1C1CCC1)C(C)C. The van der Waals surface area contributed by atoms with Crippen molar-refractivity contribution in [2.24, 2.45) is 11.8 Å². The summed E-state index contributed by atoms with van der Waals surface area (Å²) in [5.41, 5.74) is 2.60. The van der Waals surface area contributed by atoms with Crippen molar-refractivity contribution < 1.29 is 9.90 Å². The Bertz CT molecular complexity index is 797. The van der Waals surface area contributed by atoms with Crippen LogP contribution in [0.2, 0.25) is 0 Å². The lowest BCUT2D eigenvalue weighted by atomic mass is 9.92. The minimum Gasteiger partial charge on any atom is -0.392 e. The Morgan fingerprint density at radius 3 is 2.79 bits per heavy atom. The minimum atomic E-state index is -0.479. The molecule has 2 N–H and O–H groups in total. The number of fused-ring (bicyclic) bond motifs is 1. The zero-order valence-electron chi connectivity index (χ0n) is 14.1. The van der Waals surface area contributed by atoms with Gasteiger partial charge in [0, 0.05) is 6.04 Å². The number of aromatic nitrogens is 2. The van der Waals surface area contributed by atoms with Crippen LogP contribution in [0.1, 0.15) is 44.7 Å². The number of aliphatic hydroxyl groups is 1. The van der Waals surface area contributed by atoms with E-state index in [-0.39, 0.29) is 18.4 Å². The Morgan fingerprint density at radius 2 is 2.25 bits per heavy atom. The van der Waals surface area contributed by atoms with Gasteiger partial charge in [0.1, 0.15) is 5.92 Å². The average molecular weight is 325 g/mol. The van der Waals surface area contributed by atoms with Gasteiger partial charge in [0.05, 0.1) is 17.6 Å². The standard InChI is InChI=1S/C19H23N3O2/c1-4-15(12(2)3)18(24)21-19-20-16-9-8-13(11-23)10-17(16)22(19)14-6-5-7-14/h1,8-10,12,14-15,23H,5-7,11H2,2-3H3,(H,20,21,24)/t15-/m0/s1. The summed E-state index contributed by atoms with van der Waals surface area (Å²) in [6, 6.07) is 6.01. The van der Waals surface area contributed by atoms with Crippen molar-refractivity contribution in [3.05, 3.63) is 23.8 Å². The molecule has 2 aromatic rings. The fourth-order valence-corrected chi connectivity index (χ4v) is 3.10. The summed E-state index contributed by atoms with van der Waals surface area (Å²) in [5, 5.41) is 12.3. The Hall–Kier alpha value is -2.32. The van der Waals surface area contributed by atoms with Gasteiger partial charge in [-0.1, -0.05) is 25.8 Å². The van der Waals surface area contributed by atoms with Crippen molar-refractivity contribution in [1.82, 2.24) is 9.55 Å². The van der Waals surface area contributed by atoms with Crippen LogP contribution in [0.25, 0.3) is 11.0 Å². The van der Waals surface area contributed by atoms with Gasteiger partial charge >= 0.3 is 0 Å². The summed E-state index contributed by atoms with van der Waals surface area (Å²) >= 11 is 0. The molecule has 1 atom stereocenters. The third-order valence-corrected chi connectivity index (χ3v) is 4.74. The van der Waals surface area contributed by atoms with Crippen LogP contribution in [0.3, 0.4) is 0 Å². The predicted molar refractivity (Wildman–Crippen MR) is 94.3 cm³/mol. The molecule has 1 aliphatic carbocycles. The zero-order chi connectivity index (χ0) is 17.3. The maximum atomic E-state index is 12.5. The summed E-state index contributed by atoms with van der Waals surface area (Å²) in [6.07, 6.45) is 8.83. The molecule has 1 aromatic carbocycles. The van der Waals surface area contributed by atoms with E-state index in [0.717, 1.165) is 29.4 Å². The fourth-order valence-electron chi connectivity index (χ4n) is 3.10. The molecule has 1 aromatic heterocycles. The van der Waals surface area contributed by atoms with Crippen molar-refractivity contribution in [1.29, 1.82) is 0 Å². The van der Waals surface area contributed by atoms with Gasteiger partial charge in [-0.25, -0.2) is 4.98 Å². The first-order valence-corrected chi connectivity index (χ1v) is 8.44. The van der Waals surface area contributed by atoms with E-state index < -0.39 is 5.92 Å². The van der Waals surface area contributed by atoms with E-state index in [1.165, 1.54) is 6.42 Å². The van der Waals surface area contributed by atoms with Crippen LogP contribution < -0.4 is 5.32 Å². The van der Waals surface area contributed by atoms with Crippen molar-refractivity contribution >= 4 is 22.9 Å². The van der Waals surface area contributed by atoms with Crippen molar-refractivity contribution in [2.75, 3.05) is 5.32 Å². The molecular formula is C19H23N3O2. The van der Waals surface area contributed by atoms with E-state index in [2.05, 4.69) is 20.8 Å². The van der Waals surface area contributed by atoms with Crippen molar-refractivity contribution in [2.45, 2.75) is 45.8 Å².